The fourth-order valence-corrected chi connectivity index (χ4v) is 1.84. The van der Waals surface area contributed by atoms with Gasteiger partial charge in [0.2, 0.25) is 0 Å². The first-order valence-electron chi connectivity index (χ1n) is 4.23. The summed E-state index contributed by atoms with van der Waals surface area (Å²) in [7, 11) is 0. The fraction of sp³-hybridized carbons (Fsp3) is 0.455. The molecule has 0 bridgehead atoms. The highest BCUT2D eigenvalue weighted by Crippen LogP contribution is 2.42. The summed E-state index contributed by atoms with van der Waals surface area (Å²) in [5.41, 5.74) is 2.32. The SMILES string of the molecule is CC1=CC(=C(C#N)C#N)C(C)(C)C1. The zero-order valence-corrected chi connectivity index (χ0v) is 8.18. The summed E-state index contributed by atoms with van der Waals surface area (Å²) >= 11 is 0. The molecule has 0 aromatic rings. The van der Waals surface area contributed by atoms with Crippen molar-refractivity contribution in [2.75, 3.05) is 0 Å². The van der Waals surface area contributed by atoms with Crippen molar-refractivity contribution < 1.29 is 0 Å². The minimum Gasteiger partial charge on any atom is -0.192 e. The third-order valence-corrected chi connectivity index (χ3v) is 2.33. The molecule has 0 fully saturated rings. The van der Waals surface area contributed by atoms with Crippen LogP contribution < -0.4 is 0 Å². The van der Waals surface area contributed by atoms with Crippen LogP contribution in [0.1, 0.15) is 27.2 Å². The average Bonchev–Trinajstić information content (AvgIpc) is 2.28. The van der Waals surface area contributed by atoms with Crippen LogP contribution in [0.15, 0.2) is 22.8 Å². The van der Waals surface area contributed by atoms with E-state index in [1.165, 1.54) is 5.57 Å². The Bertz CT molecular complexity index is 354. The fourth-order valence-electron chi connectivity index (χ4n) is 1.84. The van der Waals surface area contributed by atoms with E-state index in [2.05, 4.69) is 13.8 Å². The van der Waals surface area contributed by atoms with Crippen molar-refractivity contribution in [3.05, 3.63) is 22.8 Å². The molecule has 13 heavy (non-hydrogen) atoms. The summed E-state index contributed by atoms with van der Waals surface area (Å²) in [6, 6.07) is 3.89. The van der Waals surface area contributed by atoms with E-state index in [9.17, 15) is 0 Å². The first-order chi connectivity index (χ1) is 6.01. The van der Waals surface area contributed by atoms with Crippen molar-refractivity contribution in [3.63, 3.8) is 0 Å². The van der Waals surface area contributed by atoms with Gasteiger partial charge in [-0.3, -0.25) is 0 Å². The molecule has 0 unspecified atom stereocenters. The van der Waals surface area contributed by atoms with E-state index in [4.69, 9.17) is 10.5 Å². The molecule has 0 saturated heterocycles. The van der Waals surface area contributed by atoms with Crippen LogP contribution >= 0.6 is 0 Å². The van der Waals surface area contributed by atoms with Gasteiger partial charge in [0.1, 0.15) is 17.7 Å². The average molecular weight is 172 g/mol. The largest absolute Gasteiger partial charge is 0.192 e. The first kappa shape index (κ1) is 9.55. The third-order valence-electron chi connectivity index (χ3n) is 2.33. The van der Waals surface area contributed by atoms with E-state index < -0.39 is 0 Å². The number of hydrogen-bond acceptors (Lipinski definition) is 2. The Balaban J connectivity index is 3.28. The minimum atomic E-state index is -0.0507. The predicted molar refractivity (Wildman–Crippen MR) is 50.4 cm³/mol. The molecule has 0 aliphatic heterocycles. The van der Waals surface area contributed by atoms with Gasteiger partial charge in [-0.2, -0.15) is 10.5 Å². The van der Waals surface area contributed by atoms with E-state index in [-0.39, 0.29) is 11.0 Å². The molecule has 0 atom stereocenters. The summed E-state index contributed by atoms with van der Waals surface area (Å²) in [5, 5.41) is 17.5. The van der Waals surface area contributed by atoms with Gasteiger partial charge in [0.05, 0.1) is 0 Å². The van der Waals surface area contributed by atoms with Crippen LogP contribution in [0.4, 0.5) is 0 Å². The summed E-state index contributed by atoms with van der Waals surface area (Å²) in [5.74, 6) is 0. The Morgan fingerprint density at radius 2 is 1.92 bits per heavy atom. The molecule has 1 rings (SSSR count). The standard InChI is InChI=1S/C11H12N2/c1-8-4-10(9(6-12)7-13)11(2,3)5-8/h4H,5H2,1-3H3. The van der Waals surface area contributed by atoms with Crippen LogP contribution in [-0.4, -0.2) is 0 Å². The second kappa shape index (κ2) is 3.07. The van der Waals surface area contributed by atoms with E-state index in [1.807, 2.05) is 25.1 Å². The Morgan fingerprint density at radius 3 is 2.23 bits per heavy atom. The molecule has 2 nitrogen and oxygen atoms in total. The second-order valence-electron chi connectivity index (χ2n) is 4.06. The van der Waals surface area contributed by atoms with Crippen molar-refractivity contribution in [3.8, 4) is 12.1 Å². The molecule has 0 spiro atoms. The summed E-state index contributed by atoms with van der Waals surface area (Å²) in [6.07, 6.45) is 2.90. The molecular weight excluding hydrogens is 160 g/mol. The van der Waals surface area contributed by atoms with Crippen molar-refractivity contribution in [2.45, 2.75) is 27.2 Å². The summed E-state index contributed by atoms with van der Waals surface area (Å²) in [4.78, 5) is 0. The van der Waals surface area contributed by atoms with Gasteiger partial charge < -0.3 is 0 Å². The van der Waals surface area contributed by atoms with Crippen LogP contribution in [0.25, 0.3) is 0 Å². The zero-order chi connectivity index (χ0) is 10.1. The van der Waals surface area contributed by atoms with Crippen LogP contribution in [0.3, 0.4) is 0 Å². The molecule has 0 radical (unpaired) electrons. The van der Waals surface area contributed by atoms with Gasteiger partial charge in [0.15, 0.2) is 0 Å². The van der Waals surface area contributed by atoms with Crippen LogP contribution in [0.5, 0.6) is 0 Å². The number of hydrogen-bond donors (Lipinski definition) is 0. The highest BCUT2D eigenvalue weighted by molar-refractivity contribution is 5.51. The number of nitriles is 2. The molecule has 1 aliphatic carbocycles. The lowest BCUT2D eigenvalue weighted by molar-refractivity contribution is 0.473. The minimum absolute atomic E-state index is 0.0507. The molecular formula is C11H12N2. The van der Waals surface area contributed by atoms with Crippen molar-refractivity contribution in [1.82, 2.24) is 0 Å². The van der Waals surface area contributed by atoms with Gasteiger partial charge in [-0.05, 0) is 24.3 Å². The van der Waals surface area contributed by atoms with Crippen LogP contribution in [0.2, 0.25) is 0 Å². The molecule has 66 valence electrons. The molecule has 0 N–H and O–H groups in total. The number of nitrogens with zero attached hydrogens (tertiary/aromatic N) is 2. The highest BCUT2D eigenvalue weighted by Gasteiger charge is 2.30. The highest BCUT2D eigenvalue weighted by atomic mass is 14.4. The summed E-state index contributed by atoms with van der Waals surface area (Å²) in [6.45, 7) is 6.15. The van der Waals surface area contributed by atoms with Crippen molar-refractivity contribution in [2.24, 2.45) is 5.41 Å². The van der Waals surface area contributed by atoms with E-state index >= 15 is 0 Å². The van der Waals surface area contributed by atoms with Gasteiger partial charge in [-0.25, -0.2) is 0 Å². The molecule has 0 saturated carbocycles. The predicted octanol–water partition coefficient (Wildman–Crippen LogP) is 2.71. The van der Waals surface area contributed by atoms with Gasteiger partial charge in [-0.15, -0.1) is 0 Å². The van der Waals surface area contributed by atoms with E-state index in [0.29, 0.717) is 0 Å². The number of rotatable bonds is 0. The molecule has 2 heteroatoms. The lowest BCUT2D eigenvalue weighted by Gasteiger charge is -2.19. The lowest BCUT2D eigenvalue weighted by Crippen LogP contribution is -2.10. The van der Waals surface area contributed by atoms with E-state index in [1.54, 1.807) is 0 Å². The Morgan fingerprint density at radius 1 is 1.38 bits per heavy atom. The first-order valence-corrected chi connectivity index (χ1v) is 4.23. The normalized spacial score (nSPS) is 18.8. The van der Waals surface area contributed by atoms with Crippen molar-refractivity contribution >= 4 is 0 Å². The monoisotopic (exact) mass is 172 g/mol. The maximum atomic E-state index is 8.75. The van der Waals surface area contributed by atoms with Crippen molar-refractivity contribution in [1.29, 1.82) is 10.5 Å². The molecule has 1 aliphatic rings. The smallest absolute Gasteiger partial charge is 0.133 e. The van der Waals surface area contributed by atoms with Gasteiger partial charge >= 0.3 is 0 Å². The molecule has 0 aromatic carbocycles. The van der Waals surface area contributed by atoms with Crippen LogP contribution in [-0.2, 0) is 0 Å². The maximum Gasteiger partial charge on any atom is 0.133 e. The zero-order valence-electron chi connectivity index (χ0n) is 8.18. The lowest BCUT2D eigenvalue weighted by atomic mass is 9.83. The van der Waals surface area contributed by atoms with Crippen LogP contribution in [0, 0.1) is 28.1 Å². The maximum absolute atomic E-state index is 8.75. The Hall–Kier alpha value is -1.54. The molecule has 0 heterocycles. The third kappa shape index (κ3) is 1.63. The van der Waals surface area contributed by atoms with Gasteiger partial charge in [-0.1, -0.05) is 25.5 Å². The Labute approximate surface area is 78.8 Å². The second-order valence-corrected chi connectivity index (χ2v) is 4.06. The Kier molecular flexibility index (Phi) is 2.26. The molecule has 0 amide bonds. The number of allylic oxidation sites excluding steroid dienone is 4. The summed E-state index contributed by atoms with van der Waals surface area (Å²) < 4.78 is 0. The topological polar surface area (TPSA) is 47.6 Å². The quantitative estimate of drug-likeness (QED) is 0.527. The molecule has 0 aromatic heterocycles. The van der Waals surface area contributed by atoms with E-state index in [0.717, 1.165) is 12.0 Å². The van der Waals surface area contributed by atoms with Gasteiger partial charge in [0.25, 0.3) is 0 Å². The van der Waals surface area contributed by atoms with Gasteiger partial charge in [0, 0.05) is 0 Å².